The van der Waals surface area contributed by atoms with Crippen molar-refractivity contribution in [2.75, 3.05) is 26.2 Å². The molecule has 0 saturated heterocycles. The zero-order valence-corrected chi connectivity index (χ0v) is 8.84. The molecule has 2 N–H and O–H groups in total. The van der Waals surface area contributed by atoms with Gasteiger partial charge in [0.05, 0.1) is 0 Å². The number of ether oxygens (including phenoxy) is 1. The van der Waals surface area contributed by atoms with E-state index in [-0.39, 0.29) is 12.7 Å². The van der Waals surface area contributed by atoms with Crippen molar-refractivity contribution in [3.05, 3.63) is 12.7 Å². The molecule has 0 fully saturated rings. The van der Waals surface area contributed by atoms with Crippen LogP contribution in [0.3, 0.4) is 0 Å². The number of carbonyl (C=O) groups excluding carboxylic acids is 1. The van der Waals surface area contributed by atoms with Crippen LogP contribution in [0.4, 0.5) is 4.79 Å². The maximum absolute atomic E-state index is 10.9. The Balaban J connectivity index is 3.10. The first-order valence-corrected chi connectivity index (χ1v) is 5.03. The van der Waals surface area contributed by atoms with E-state index in [4.69, 9.17) is 4.74 Å². The summed E-state index contributed by atoms with van der Waals surface area (Å²) in [5, 5.41) is 5.89. The fourth-order valence-electron chi connectivity index (χ4n) is 0.891. The number of alkyl carbamates (subject to hydrolysis) is 1. The predicted octanol–water partition coefficient (Wildman–Crippen LogP) is 1.29. The van der Waals surface area contributed by atoms with Crippen molar-refractivity contribution in [1.82, 2.24) is 10.6 Å². The molecule has 0 spiro atoms. The van der Waals surface area contributed by atoms with Crippen molar-refractivity contribution in [3.63, 3.8) is 0 Å². The molecule has 14 heavy (non-hydrogen) atoms. The van der Waals surface area contributed by atoms with Crippen molar-refractivity contribution >= 4 is 6.09 Å². The predicted molar refractivity (Wildman–Crippen MR) is 57.3 cm³/mol. The lowest BCUT2D eigenvalue weighted by Gasteiger charge is -2.05. The third kappa shape index (κ3) is 9.06. The molecule has 0 aromatic carbocycles. The summed E-state index contributed by atoms with van der Waals surface area (Å²) in [5.74, 6) is 0. The molecule has 0 aromatic heterocycles. The van der Waals surface area contributed by atoms with Gasteiger partial charge in [-0.1, -0.05) is 19.6 Å². The Hall–Kier alpha value is -1.03. The Bertz CT molecular complexity index is 160. The number of carbonyl (C=O) groups is 1. The molecule has 4 nitrogen and oxygen atoms in total. The maximum atomic E-state index is 10.9. The van der Waals surface area contributed by atoms with E-state index >= 15 is 0 Å². The van der Waals surface area contributed by atoms with Gasteiger partial charge in [-0.05, 0) is 25.9 Å². The molecule has 0 unspecified atom stereocenters. The van der Waals surface area contributed by atoms with Crippen LogP contribution in [0.5, 0.6) is 0 Å². The van der Waals surface area contributed by atoms with E-state index in [0.29, 0.717) is 6.54 Å². The van der Waals surface area contributed by atoms with Gasteiger partial charge in [0.25, 0.3) is 0 Å². The van der Waals surface area contributed by atoms with Crippen molar-refractivity contribution in [2.45, 2.75) is 19.8 Å². The second-order valence-corrected chi connectivity index (χ2v) is 2.92. The largest absolute Gasteiger partial charge is 0.445 e. The first-order chi connectivity index (χ1) is 6.81. The van der Waals surface area contributed by atoms with Crippen LogP contribution in [0.15, 0.2) is 12.7 Å². The summed E-state index contributed by atoms with van der Waals surface area (Å²) in [7, 11) is 0. The average Bonchev–Trinajstić information content (AvgIpc) is 2.20. The van der Waals surface area contributed by atoms with E-state index in [1.54, 1.807) is 6.08 Å². The third-order valence-electron chi connectivity index (χ3n) is 1.56. The van der Waals surface area contributed by atoms with Gasteiger partial charge >= 0.3 is 6.09 Å². The Morgan fingerprint density at radius 3 is 2.86 bits per heavy atom. The minimum absolute atomic E-state index is 0.264. The van der Waals surface area contributed by atoms with Crippen molar-refractivity contribution in [1.29, 1.82) is 0 Å². The standard InChI is InChI=1S/C10H20N2O2/c1-3-6-11-7-5-8-12-10(13)14-9-4-2/h4,11H,2-3,5-9H2,1H3,(H,12,13). The molecule has 0 aliphatic heterocycles. The minimum atomic E-state index is -0.375. The summed E-state index contributed by atoms with van der Waals surface area (Å²) in [4.78, 5) is 10.9. The van der Waals surface area contributed by atoms with Gasteiger partial charge in [-0.3, -0.25) is 0 Å². The summed E-state index contributed by atoms with van der Waals surface area (Å²) in [6.45, 7) is 8.43. The second kappa shape index (κ2) is 10.1. The Labute approximate surface area is 85.7 Å². The smallest absolute Gasteiger partial charge is 0.407 e. The normalized spacial score (nSPS) is 9.50. The Morgan fingerprint density at radius 2 is 2.21 bits per heavy atom. The van der Waals surface area contributed by atoms with Crippen molar-refractivity contribution in [2.24, 2.45) is 0 Å². The van der Waals surface area contributed by atoms with Crippen molar-refractivity contribution < 1.29 is 9.53 Å². The summed E-state index contributed by atoms with van der Waals surface area (Å²) in [6, 6.07) is 0. The fourth-order valence-corrected chi connectivity index (χ4v) is 0.891. The molecule has 0 aromatic rings. The zero-order chi connectivity index (χ0) is 10.6. The van der Waals surface area contributed by atoms with E-state index in [1.165, 1.54) is 0 Å². The molecule has 0 atom stereocenters. The molecule has 0 aliphatic rings. The van der Waals surface area contributed by atoms with E-state index < -0.39 is 0 Å². The molecule has 1 amide bonds. The monoisotopic (exact) mass is 200 g/mol. The van der Waals surface area contributed by atoms with Gasteiger partial charge in [-0.25, -0.2) is 4.79 Å². The lowest BCUT2D eigenvalue weighted by atomic mass is 10.4. The minimum Gasteiger partial charge on any atom is -0.445 e. The first-order valence-electron chi connectivity index (χ1n) is 5.03. The molecule has 4 heteroatoms. The lowest BCUT2D eigenvalue weighted by Crippen LogP contribution is -2.28. The van der Waals surface area contributed by atoms with Crippen LogP contribution in [0.25, 0.3) is 0 Å². The summed E-state index contributed by atoms with van der Waals surface area (Å²) in [5.41, 5.74) is 0. The van der Waals surface area contributed by atoms with Crippen LogP contribution >= 0.6 is 0 Å². The summed E-state index contributed by atoms with van der Waals surface area (Å²) < 4.78 is 4.73. The Morgan fingerprint density at radius 1 is 1.43 bits per heavy atom. The van der Waals surface area contributed by atoms with Crippen LogP contribution < -0.4 is 10.6 Å². The third-order valence-corrected chi connectivity index (χ3v) is 1.56. The molecular formula is C10H20N2O2. The molecule has 0 aliphatic carbocycles. The topological polar surface area (TPSA) is 50.4 Å². The van der Waals surface area contributed by atoms with Crippen LogP contribution in [0, 0.1) is 0 Å². The van der Waals surface area contributed by atoms with E-state index in [1.807, 2.05) is 0 Å². The molecule has 0 saturated carbocycles. The molecule has 0 bridgehead atoms. The van der Waals surface area contributed by atoms with Crippen LogP contribution in [0.2, 0.25) is 0 Å². The van der Waals surface area contributed by atoms with Crippen LogP contribution in [0.1, 0.15) is 19.8 Å². The maximum Gasteiger partial charge on any atom is 0.407 e. The van der Waals surface area contributed by atoms with Crippen LogP contribution in [-0.4, -0.2) is 32.3 Å². The second-order valence-electron chi connectivity index (χ2n) is 2.92. The van der Waals surface area contributed by atoms with Gasteiger partial charge in [0, 0.05) is 6.54 Å². The SMILES string of the molecule is C=CCOC(=O)NCCCNCCC. The fraction of sp³-hybridized carbons (Fsp3) is 0.700. The highest BCUT2D eigenvalue weighted by atomic mass is 16.5. The highest BCUT2D eigenvalue weighted by molar-refractivity contribution is 5.67. The summed E-state index contributed by atoms with van der Waals surface area (Å²) >= 11 is 0. The van der Waals surface area contributed by atoms with Gasteiger partial charge in [0.1, 0.15) is 6.61 Å². The highest BCUT2D eigenvalue weighted by Gasteiger charge is 1.97. The quantitative estimate of drug-likeness (QED) is 0.458. The van der Waals surface area contributed by atoms with Crippen LogP contribution in [-0.2, 0) is 4.74 Å². The lowest BCUT2D eigenvalue weighted by molar-refractivity contribution is 0.158. The van der Waals surface area contributed by atoms with Gasteiger partial charge in [-0.2, -0.15) is 0 Å². The molecular weight excluding hydrogens is 180 g/mol. The van der Waals surface area contributed by atoms with Gasteiger partial charge in [-0.15, -0.1) is 0 Å². The molecule has 0 radical (unpaired) electrons. The number of hydrogen-bond donors (Lipinski definition) is 2. The number of nitrogens with one attached hydrogen (secondary N) is 2. The summed E-state index contributed by atoms with van der Waals surface area (Å²) in [6.07, 6.45) is 3.22. The average molecular weight is 200 g/mol. The van der Waals surface area contributed by atoms with Gasteiger partial charge in [0.2, 0.25) is 0 Å². The van der Waals surface area contributed by atoms with Crippen molar-refractivity contribution in [3.8, 4) is 0 Å². The molecule has 0 heterocycles. The Kier molecular flexibility index (Phi) is 9.31. The zero-order valence-electron chi connectivity index (χ0n) is 8.84. The molecule has 0 rings (SSSR count). The van der Waals surface area contributed by atoms with E-state index in [9.17, 15) is 4.79 Å². The first kappa shape index (κ1) is 13.0. The van der Waals surface area contributed by atoms with E-state index in [2.05, 4.69) is 24.1 Å². The highest BCUT2D eigenvalue weighted by Crippen LogP contribution is 1.80. The number of rotatable bonds is 8. The van der Waals surface area contributed by atoms with Gasteiger partial charge < -0.3 is 15.4 Å². The van der Waals surface area contributed by atoms with Gasteiger partial charge in [0.15, 0.2) is 0 Å². The number of hydrogen-bond acceptors (Lipinski definition) is 3. The number of amides is 1. The van der Waals surface area contributed by atoms with E-state index in [0.717, 1.165) is 25.9 Å². The molecule has 82 valence electrons.